The van der Waals surface area contributed by atoms with Crippen molar-refractivity contribution in [2.24, 2.45) is 0 Å². The molecule has 3 aromatic carbocycles. The van der Waals surface area contributed by atoms with Crippen molar-refractivity contribution in [1.29, 1.82) is 0 Å². The highest BCUT2D eigenvalue weighted by Gasteiger charge is 2.23. The highest BCUT2D eigenvalue weighted by molar-refractivity contribution is 6.19. The smallest absolute Gasteiger partial charge is 0.361 e. The molecule has 0 amide bonds. The molecule has 0 bridgehead atoms. The monoisotopic (exact) mass is 457 g/mol. The molecule has 34 heavy (non-hydrogen) atoms. The van der Waals surface area contributed by atoms with E-state index < -0.39 is 5.63 Å². The first kappa shape index (κ1) is 22.4. The Hall–Kier alpha value is -3.44. The molecule has 2 aromatic heterocycles. The van der Waals surface area contributed by atoms with E-state index in [9.17, 15) is 14.3 Å². The Morgan fingerprint density at radius 2 is 1.82 bits per heavy atom. The van der Waals surface area contributed by atoms with Crippen molar-refractivity contribution in [3.05, 3.63) is 93.6 Å². The van der Waals surface area contributed by atoms with Crippen LogP contribution in [0.2, 0.25) is 0 Å². The van der Waals surface area contributed by atoms with Crippen molar-refractivity contribution in [3.8, 4) is 0 Å². The molecule has 4 nitrogen and oxygen atoms in total. The van der Waals surface area contributed by atoms with Gasteiger partial charge in [-0.05, 0) is 53.6 Å². The van der Waals surface area contributed by atoms with Gasteiger partial charge in [-0.15, -0.1) is 0 Å². The summed E-state index contributed by atoms with van der Waals surface area (Å²) in [6, 6.07) is 18.7. The summed E-state index contributed by atoms with van der Waals surface area (Å²) in [5.74, 6) is -0.342. The van der Waals surface area contributed by atoms with Crippen molar-refractivity contribution in [2.45, 2.75) is 45.6 Å². The minimum Gasteiger partial charge on any atom is -0.421 e. The van der Waals surface area contributed by atoms with E-state index in [1.807, 2.05) is 28.8 Å². The summed E-state index contributed by atoms with van der Waals surface area (Å²) in [4.78, 5) is 13.3. The van der Waals surface area contributed by atoms with Crippen LogP contribution in [0.5, 0.6) is 0 Å². The molecular weight excluding hydrogens is 429 g/mol. The Morgan fingerprint density at radius 1 is 1.03 bits per heavy atom. The van der Waals surface area contributed by atoms with E-state index >= 15 is 0 Å². The summed E-state index contributed by atoms with van der Waals surface area (Å²) >= 11 is 0. The first-order chi connectivity index (χ1) is 16.3. The number of para-hydroxylation sites is 1. The number of benzene rings is 3. The van der Waals surface area contributed by atoms with Gasteiger partial charge in [-0.1, -0.05) is 57.2 Å². The van der Waals surface area contributed by atoms with E-state index in [0.717, 1.165) is 33.7 Å². The standard InChI is InChI=1S/C29H28FNO3/c1-4-29(2,3)20-10-12-24-22(16-20)26-21-7-5-6-8-25(21)34-28(33)27(26)31(24)17-19-15-18(13-14-32)9-11-23(19)30/h5-12,15-16,32H,4,13-14,17H2,1-3H3. The Bertz CT molecular complexity index is 1590. The van der Waals surface area contributed by atoms with Crippen LogP contribution in [-0.2, 0) is 18.4 Å². The highest BCUT2D eigenvalue weighted by Crippen LogP contribution is 2.37. The Kier molecular flexibility index (Phi) is 5.53. The fourth-order valence-corrected chi connectivity index (χ4v) is 4.74. The summed E-state index contributed by atoms with van der Waals surface area (Å²) < 4.78 is 22.4. The third kappa shape index (κ3) is 3.61. The number of fused-ring (bicyclic) bond motifs is 5. The maximum Gasteiger partial charge on any atom is 0.361 e. The van der Waals surface area contributed by atoms with Crippen LogP contribution >= 0.6 is 0 Å². The van der Waals surface area contributed by atoms with Gasteiger partial charge in [0.25, 0.3) is 0 Å². The van der Waals surface area contributed by atoms with E-state index in [2.05, 4.69) is 32.9 Å². The molecule has 0 unspecified atom stereocenters. The lowest BCUT2D eigenvalue weighted by molar-refractivity contribution is 0.299. The SMILES string of the molecule is CCC(C)(C)c1ccc2c(c1)c1c3ccccc3oc(=O)c1n2Cc1cc(CCO)ccc1F. The summed E-state index contributed by atoms with van der Waals surface area (Å²) in [5.41, 5.74) is 3.88. The predicted molar refractivity (Wildman–Crippen MR) is 135 cm³/mol. The molecule has 0 aliphatic carbocycles. The molecular formula is C29H28FNO3. The molecule has 0 fully saturated rings. The first-order valence-electron chi connectivity index (χ1n) is 11.7. The second-order valence-corrected chi connectivity index (χ2v) is 9.56. The summed E-state index contributed by atoms with van der Waals surface area (Å²) in [5, 5.41) is 12.0. The number of hydrogen-bond acceptors (Lipinski definition) is 3. The number of halogens is 1. The van der Waals surface area contributed by atoms with E-state index in [1.54, 1.807) is 18.2 Å². The zero-order valence-corrected chi connectivity index (χ0v) is 19.7. The van der Waals surface area contributed by atoms with E-state index in [4.69, 9.17) is 4.42 Å². The van der Waals surface area contributed by atoms with Crippen LogP contribution in [0.1, 0.15) is 43.9 Å². The van der Waals surface area contributed by atoms with Gasteiger partial charge in [0.2, 0.25) is 0 Å². The molecule has 5 heteroatoms. The number of nitrogens with zero attached hydrogens (tertiary/aromatic N) is 1. The molecule has 0 radical (unpaired) electrons. The van der Waals surface area contributed by atoms with Crippen LogP contribution in [0.15, 0.2) is 69.9 Å². The van der Waals surface area contributed by atoms with Crippen LogP contribution in [0.4, 0.5) is 4.39 Å². The van der Waals surface area contributed by atoms with Crippen molar-refractivity contribution in [2.75, 3.05) is 6.61 Å². The van der Waals surface area contributed by atoms with Gasteiger partial charge in [0.05, 0.1) is 6.54 Å². The second-order valence-electron chi connectivity index (χ2n) is 9.56. The number of aliphatic hydroxyl groups excluding tert-OH is 1. The third-order valence-corrected chi connectivity index (χ3v) is 7.12. The van der Waals surface area contributed by atoms with Crippen LogP contribution < -0.4 is 5.63 Å². The molecule has 0 atom stereocenters. The second kappa shape index (κ2) is 8.41. The number of aliphatic hydroxyl groups is 1. The summed E-state index contributed by atoms with van der Waals surface area (Å²) in [7, 11) is 0. The maximum absolute atomic E-state index is 14.8. The molecule has 5 rings (SSSR count). The average Bonchev–Trinajstić information content (AvgIpc) is 3.16. The van der Waals surface area contributed by atoms with Gasteiger partial charge >= 0.3 is 5.63 Å². The van der Waals surface area contributed by atoms with Gasteiger partial charge in [-0.25, -0.2) is 9.18 Å². The Labute approximate surface area is 197 Å². The van der Waals surface area contributed by atoms with Crippen molar-refractivity contribution in [3.63, 3.8) is 0 Å². The lowest BCUT2D eigenvalue weighted by Gasteiger charge is -2.23. The zero-order valence-electron chi connectivity index (χ0n) is 19.7. The minimum absolute atomic E-state index is 0.00791. The van der Waals surface area contributed by atoms with Gasteiger partial charge in [0.15, 0.2) is 0 Å². The van der Waals surface area contributed by atoms with Crippen LogP contribution in [-0.4, -0.2) is 16.3 Å². The quantitative estimate of drug-likeness (QED) is 0.304. The average molecular weight is 458 g/mol. The number of rotatable bonds is 6. The van der Waals surface area contributed by atoms with E-state index in [0.29, 0.717) is 23.1 Å². The van der Waals surface area contributed by atoms with Crippen LogP contribution in [0, 0.1) is 5.82 Å². The molecule has 5 aromatic rings. The van der Waals surface area contributed by atoms with Gasteiger partial charge in [0, 0.05) is 33.8 Å². The van der Waals surface area contributed by atoms with Crippen molar-refractivity contribution in [1.82, 2.24) is 4.57 Å². The summed E-state index contributed by atoms with van der Waals surface area (Å²) in [6.07, 6.45) is 1.42. The highest BCUT2D eigenvalue weighted by atomic mass is 19.1. The number of hydrogen-bond donors (Lipinski definition) is 1. The maximum atomic E-state index is 14.8. The predicted octanol–water partition coefficient (Wildman–Crippen LogP) is 6.31. The fraction of sp³-hybridized carbons (Fsp3) is 0.276. The minimum atomic E-state index is -0.437. The normalized spacial score (nSPS) is 12.3. The lowest BCUT2D eigenvalue weighted by Crippen LogP contribution is -2.15. The summed E-state index contributed by atoms with van der Waals surface area (Å²) in [6.45, 7) is 6.76. The number of aromatic nitrogens is 1. The molecule has 2 heterocycles. The van der Waals surface area contributed by atoms with E-state index in [-0.39, 0.29) is 24.4 Å². The molecule has 0 saturated carbocycles. The Morgan fingerprint density at radius 3 is 2.59 bits per heavy atom. The molecule has 174 valence electrons. The third-order valence-electron chi connectivity index (χ3n) is 7.12. The van der Waals surface area contributed by atoms with Gasteiger partial charge < -0.3 is 14.1 Å². The van der Waals surface area contributed by atoms with Crippen molar-refractivity contribution < 1.29 is 13.9 Å². The molecule has 1 N–H and O–H groups in total. The Balaban J connectivity index is 1.85. The van der Waals surface area contributed by atoms with Gasteiger partial charge in [0.1, 0.15) is 16.9 Å². The van der Waals surface area contributed by atoms with E-state index in [1.165, 1.54) is 11.6 Å². The van der Waals surface area contributed by atoms with Crippen molar-refractivity contribution >= 4 is 32.8 Å². The topological polar surface area (TPSA) is 55.4 Å². The molecule has 0 aliphatic heterocycles. The zero-order chi connectivity index (χ0) is 24.0. The van der Waals surface area contributed by atoms with Crippen LogP contribution in [0.3, 0.4) is 0 Å². The largest absolute Gasteiger partial charge is 0.421 e. The van der Waals surface area contributed by atoms with Gasteiger partial charge in [-0.3, -0.25) is 0 Å². The first-order valence-corrected chi connectivity index (χ1v) is 11.7. The fourth-order valence-electron chi connectivity index (χ4n) is 4.74. The lowest BCUT2D eigenvalue weighted by atomic mass is 9.82. The molecule has 0 saturated heterocycles. The van der Waals surface area contributed by atoms with Gasteiger partial charge in [-0.2, -0.15) is 0 Å². The molecule has 0 spiro atoms. The molecule has 0 aliphatic rings. The van der Waals surface area contributed by atoms with Crippen LogP contribution in [0.25, 0.3) is 32.8 Å².